The Bertz CT molecular complexity index is 1110. The smallest absolute Gasteiger partial charge is 0.307 e. The summed E-state index contributed by atoms with van der Waals surface area (Å²) in [6.45, 7) is 0.669. The minimum atomic E-state index is -0.937. The van der Waals surface area contributed by atoms with Crippen molar-refractivity contribution in [2.75, 3.05) is 26.0 Å². The summed E-state index contributed by atoms with van der Waals surface area (Å²) >= 11 is 1.16. The first-order valence-corrected chi connectivity index (χ1v) is 11.5. The number of nitrogens with one attached hydrogen (secondary N) is 1. The van der Waals surface area contributed by atoms with Crippen LogP contribution < -0.4 is 10.1 Å². The zero-order chi connectivity index (χ0) is 23.8. The average molecular weight is 479 g/mol. The molecule has 1 atom stereocenters. The number of nitrogens with zero attached hydrogens (tertiary/aromatic N) is 1. The van der Waals surface area contributed by atoms with Crippen LogP contribution in [0, 0.1) is 23.4 Å². The Labute approximate surface area is 194 Å². The van der Waals surface area contributed by atoms with Gasteiger partial charge in [-0.05, 0) is 61.2 Å². The predicted molar refractivity (Wildman–Crippen MR) is 122 cm³/mol. The molecule has 0 fully saturated rings. The van der Waals surface area contributed by atoms with Crippen molar-refractivity contribution < 1.29 is 27.8 Å². The maximum atomic E-state index is 14.4. The van der Waals surface area contributed by atoms with Gasteiger partial charge in [0.25, 0.3) is 0 Å². The summed E-state index contributed by atoms with van der Waals surface area (Å²) in [7, 11) is 1.53. The van der Waals surface area contributed by atoms with Gasteiger partial charge in [0.05, 0.1) is 24.7 Å². The third kappa shape index (κ3) is 6.85. The molecule has 3 aromatic rings. The van der Waals surface area contributed by atoms with E-state index in [4.69, 9.17) is 4.74 Å². The number of methoxy groups -OCH3 is 1. The van der Waals surface area contributed by atoms with Crippen LogP contribution in [0.25, 0.3) is 10.9 Å². The Morgan fingerprint density at radius 2 is 2.00 bits per heavy atom. The van der Waals surface area contributed by atoms with Gasteiger partial charge in [-0.2, -0.15) is 0 Å². The first kappa shape index (κ1) is 24.9. The zero-order valence-corrected chi connectivity index (χ0v) is 18.9. The van der Waals surface area contributed by atoms with Crippen molar-refractivity contribution in [2.45, 2.75) is 24.2 Å². The standard InChI is InChI=1S/C24H25F3N2O3S/c1-32-17-6-8-22-19(12-17)18(21(27)14-29-22)4-2-3-15(24(30)31)13-28-9-10-33-23-11-16(25)5-7-20(23)26/h5-8,11-12,14-15,28H,2-4,9-10,13H2,1H3,(H,30,31)/t15-/m0/s1. The minimum absolute atomic E-state index is 0.217. The molecular weight excluding hydrogens is 453 g/mol. The number of pyridine rings is 1. The lowest BCUT2D eigenvalue weighted by Crippen LogP contribution is -2.30. The molecule has 0 aliphatic heterocycles. The monoisotopic (exact) mass is 478 g/mol. The second-order valence-electron chi connectivity index (χ2n) is 7.52. The summed E-state index contributed by atoms with van der Waals surface area (Å²) in [5, 5.41) is 13.2. The molecule has 2 aromatic carbocycles. The molecule has 1 aromatic heterocycles. The van der Waals surface area contributed by atoms with Gasteiger partial charge >= 0.3 is 5.97 Å². The molecule has 0 aliphatic rings. The van der Waals surface area contributed by atoms with E-state index in [2.05, 4.69) is 10.3 Å². The molecule has 0 radical (unpaired) electrons. The zero-order valence-electron chi connectivity index (χ0n) is 18.1. The number of aliphatic carboxylic acids is 1. The van der Waals surface area contributed by atoms with Crippen molar-refractivity contribution in [1.29, 1.82) is 0 Å². The number of ether oxygens (including phenoxy) is 1. The molecule has 9 heteroatoms. The molecule has 0 spiro atoms. The summed E-state index contributed by atoms with van der Waals surface area (Å²) in [6, 6.07) is 8.52. The average Bonchev–Trinajstić information content (AvgIpc) is 2.80. The Morgan fingerprint density at radius 3 is 2.76 bits per heavy atom. The number of benzene rings is 2. The molecule has 0 saturated carbocycles. The fraction of sp³-hybridized carbons (Fsp3) is 0.333. The van der Waals surface area contributed by atoms with Crippen LogP contribution in [0.3, 0.4) is 0 Å². The van der Waals surface area contributed by atoms with Crippen molar-refractivity contribution in [3.63, 3.8) is 0 Å². The third-order valence-electron chi connectivity index (χ3n) is 5.28. The van der Waals surface area contributed by atoms with Gasteiger partial charge in [0.15, 0.2) is 0 Å². The maximum absolute atomic E-state index is 14.4. The van der Waals surface area contributed by atoms with E-state index < -0.39 is 29.3 Å². The van der Waals surface area contributed by atoms with E-state index in [-0.39, 0.29) is 11.4 Å². The summed E-state index contributed by atoms with van der Waals surface area (Å²) < 4.78 is 46.5. The lowest BCUT2D eigenvalue weighted by Gasteiger charge is -2.14. The third-order valence-corrected chi connectivity index (χ3v) is 6.32. The van der Waals surface area contributed by atoms with E-state index in [1.54, 1.807) is 18.2 Å². The summed E-state index contributed by atoms with van der Waals surface area (Å²) in [5.74, 6) is -1.95. The molecule has 1 heterocycles. The van der Waals surface area contributed by atoms with Crippen molar-refractivity contribution in [3.8, 4) is 5.75 Å². The van der Waals surface area contributed by atoms with Gasteiger partial charge in [-0.25, -0.2) is 13.2 Å². The molecule has 176 valence electrons. The maximum Gasteiger partial charge on any atom is 0.307 e. The van der Waals surface area contributed by atoms with Crippen LogP contribution >= 0.6 is 11.8 Å². The van der Waals surface area contributed by atoms with Crippen molar-refractivity contribution >= 4 is 28.6 Å². The van der Waals surface area contributed by atoms with Crippen LogP contribution in [0.15, 0.2) is 47.5 Å². The fourth-order valence-electron chi connectivity index (χ4n) is 3.52. The molecule has 0 unspecified atom stereocenters. The molecule has 3 rings (SSSR count). The molecule has 2 N–H and O–H groups in total. The molecule has 5 nitrogen and oxygen atoms in total. The number of halogens is 3. The van der Waals surface area contributed by atoms with Crippen LogP contribution in [0.1, 0.15) is 18.4 Å². The van der Waals surface area contributed by atoms with E-state index >= 15 is 0 Å². The quantitative estimate of drug-likeness (QED) is 0.280. The fourth-order valence-corrected chi connectivity index (χ4v) is 4.39. The Hall–Kier alpha value is -2.78. The number of hydrogen-bond donors (Lipinski definition) is 2. The van der Waals surface area contributed by atoms with Crippen molar-refractivity contribution in [3.05, 3.63) is 65.6 Å². The predicted octanol–water partition coefficient (Wildman–Crippen LogP) is 5.07. The highest BCUT2D eigenvalue weighted by Crippen LogP contribution is 2.26. The Morgan fingerprint density at radius 1 is 1.18 bits per heavy atom. The highest BCUT2D eigenvalue weighted by molar-refractivity contribution is 7.99. The lowest BCUT2D eigenvalue weighted by molar-refractivity contribution is -0.141. The second-order valence-corrected chi connectivity index (χ2v) is 8.66. The van der Waals surface area contributed by atoms with Gasteiger partial charge < -0.3 is 15.2 Å². The van der Waals surface area contributed by atoms with Gasteiger partial charge in [-0.1, -0.05) is 0 Å². The largest absolute Gasteiger partial charge is 0.497 e. The van der Waals surface area contributed by atoms with Crippen LogP contribution in [0.5, 0.6) is 5.75 Å². The van der Waals surface area contributed by atoms with E-state index in [1.165, 1.54) is 13.3 Å². The minimum Gasteiger partial charge on any atom is -0.497 e. The number of carbonyl (C=O) groups is 1. The van der Waals surface area contributed by atoms with Crippen LogP contribution in [0.2, 0.25) is 0 Å². The van der Waals surface area contributed by atoms with Gasteiger partial charge in [0, 0.05) is 29.1 Å². The summed E-state index contributed by atoms with van der Waals surface area (Å²) in [4.78, 5) is 15.9. The first-order chi connectivity index (χ1) is 15.9. The number of carboxylic acids is 1. The van der Waals surface area contributed by atoms with E-state index in [0.29, 0.717) is 53.8 Å². The SMILES string of the molecule is COc1ccc2ncc(F)c(CCC[C@@H](CNCCSc3cc(F)ccc3F)C(=O)O)c2c1. The highest BCUT2D eigenvalue weighted by atomic mass is 32.2. The molecule has 33 heavy (non-hydrogen) atoms. The second kappa shape index (κ2) is 11.9. The first-order valence-electron chi connectivity index (χ1n) is 10.5. The van der Waals surface area contributed by atoms with Gasteiger partial charge in [0.1, 0.15) is 23.2 Å². The Kier molecular flexibility index (Phi) is 8.96. The van der Waals surface area contributed by atoms with Crippen LogP contribution in [-0.2, 0) is 11.2 Å². The summed E-state index contributed by atoms with van der Waals surface area (Å²) in [5.41, 5.74) is 1.14. The number of rotatable bonds is 12. The summed E-state index contributed by atoms with van der Waals surface area (Å²) in [6.07, 6.45) is 2.40. The normalized spacial score (nSPS) is 12.1. The van der Waals surface area contributed by atoms with E-state index in [9.17, 15) is 23.1 Å². The van der Waals surface area contributed by atoms with E-state index in [0.717, 1.165) is 30.0 Å². The topological polar surface area (TPSA) is 71.5 Å². The number of thioether (sulfide) groups is 1. The van der Waals surface area contributed by atoms with Gasteiger partial charge in [-0.15, -0.1) is 11.8 Å². The van der Waals surface area contributed by atoms with Gasteiger partial charge in [-0.3, -0.25) is 9.78 Å². The lowest BCUT2D eigenvalue weighted by atomic mass is 9.97. The van der Waals surface area contributed by atoms with Crippen LogP contribution in [0.4, 0.5) is 13.2 Å². The molecule has 0 amide bonds. The molecule has 0 saturated heterocycles. The molecule has 0 bridgehead atoms. The molecular formula is C24H25F3N2O3S. The van der Waals surface area contributed by atoms with Crippen LogP contribution in [-0.4, -0.2) is 42.0 Å². The van der Waals surface area contributed by atoms with Crippen molar-refractivity contribution in [1.82, 2.24) is 10.3 Å². The number of carboxylic acid groups (broad SMARTS) is 1. The molecule has 0 aliphatic carbocycles. The number of aromatic nitrogens is 1. The number of hydrogen-bond acceptors (Lipinski definition) is 5. The van der Waals surface area contributed by atoms with E-state index in [1.807, 2.05) is 0 Å². The number of fused-ring (bicyclic) bond motifs is 1. The Balaban J connectivity index is 1.50. The highest BCUT2D eigenvalue weighted by Gasteiger charge is 2.18. The van der Waals surface area contributed by atoms with Crippen molar-refractivity contribution in [2.24, 2.45) is 5.92 Å². The van der Waals surface area contributed by atoms with Gasteiger partial charge in [0.2, 0.25) is 0 Å². The number of aryl methyl sites for hydroxylation is 1.